The topological polar surface area (TPSA) is 76.4 Å². The zero-order valence-electron chi connectivity index (χ0n) is 9.76. The summed E-state index contributed by atoms with van der Waals surface area (Å²) in [6.45, 7) is 0. The van der Waals surface area contributed by atoms with Gasteiger partial charge in [0.1, 0.15) is 0 Å². The third kappa shape index (κ3) is 2.77. The molecule has 0 fully saturated rings. The number of oxime groups is 1. The van der Waals surface area contributed by atoms with E-state index in [1.54, 1.807) is 6.07 Å². The van der Waals surface area contributed by atoms with Gasteiger partial charge in [0.05, 0.1) is 17.4 Å². The van der Waals surface area contributed by atoms with E-state index in [-0.39, 0.29) is 17.1 Å². The highest BCUT2D eigenvalue weighted by atomic mass is 79.9. The first-order chi connectivity index (χ1) is 9.32. The van der Waals surface area contributed by atoms with Crippen molar-refractivity contribution in [3.05, 3.63) is 46.2 Å². The number of benzene rings is 1. The fourth-order valence-corrected chi connectivity index (χ4v) is 1.93. The van der Waals surface area contributed by atoms with Gasteiger partial charge in [-0.2, -0.15) is 18.3 Å². The SMILES string of the molecule is N/C(=N/O)c1cc(Br)ccc1-n1cc(C(F)(F)F)cn1. The second-order valence-corrected chi connectivity index (χ2v) is 4.73. The summed E-state index contributed by atoms with van der Waals surface area (Å²) in [6, 6.07) is 4.63. The Morgan fingerprint density at radius 3 is 2.65 bits per heavy atom. The van der Waals surface area contributed by atoms with Crippen molar-refractivity contribution >= 4 is 21.8 Å². The number of rotatable bonds is 2. The minimum Gasteiger partial charge on any atom is -0.409 e. The van der Waals surface area contributed by atoms with Gasteiger partial charge in [-0.05, 0) is 18.2 Å². The average molecular weight is 349 g/mol. The van der Waals surface area contributed by atoms with Gasteiger partial charge < -0.3 is 10.9 Å². The fourth-order valence-electron chi connectivity index (χ4n) is 1.57. The highest BCUT2D eigenvalue weighted by Crippen LogP contribution is 2.29. The molecular formula is C11H8BrF3N4O. The number of hydrogen-bond acceptors (Lipinski definition) is 3. The van der Waals surface area contributed by atoms with Crippen LogP contribution in [0.3, 0.4) is 0 Å². The molecule has 0 spiro atoms. The van der Waals surface area contributed by atoms with Crippen molar-refractivity contribution in [2.75, 3.05) is 0 Å². The number of nitrogens with two attached hydrogens (primary N) is 1. The predicted molar refractivity (Wildman–Crippen MR) is 68.8 cm³/mol. The van der Waals surface area contributed by atoms with E-state index in [0.29, 0.717) is 10.7 Å². The monoisotopic (exact) mass is 348 g/mol. The van der Waals surface area contributed by atoms with Crippen molar-refractivity contribution in [3.8, 4) is 5.69 Å². The van der Waals surface area contributed by atoms with E-state index in [1.807, 2.05) is 0 Å². The van der Waals surface area contributed by atoms with Crippen LogP contribution in [0.15, 0.2) is 40.2 Å². The van der Waals surface area contributed by atoms with Crippen molar-refractivity contribution < 1.29 is 18.4 Å². The highest BCUT2D eigenvalue weighted by Gasteiger charge is 2.32. The molecule has 0 bridgehead atoms. The molecule has 0 saturated heterocycles. The first-order valence-electron chi connectivity index (χ1n) is 5.22. The summed E-state index contributed by atoms with van der Waals surface area (Å²) in [4.78, 5) is 0. The maximum atomic E-state index is 12.6. The number of nitrogens with zero attached hydrogens (tertiary/aromatic N) is 3. The summed E-state index contributed by atoms with van der Waals surface area (Å²) >= 11 is 3.20. The van der Waals surface area contributed by atoms with Crippen molar-refractivity contribution in [2.24, 2.45) is 10.9 Å². The van der Waals surface area contributed by atoms with Crippen LogP contribution in [-0.2, 0) is 6.18 Å². The molecule has 106 valence electrons. The van der Waals surface area contributed by atoms with Crippen LogP contribution < -0.4 is 5.73 Å². The van der Waals surface area contributed by atoms with Crippen LogP contribution in [0, 0.1) is 0 Å². The second-order valence-electron chi connectivity index (χ2n) is 3.82. The minimum atomic E-state index is -4.48. The average Bonchev–Trinajstić information content (AvgIpc) is 2.87. The largest absolute Gasteiger partial charge is 0.419 e. The smallest absolute Gasteiger partial charge is 0.409 e. The number of aromatic nitrogens is 2. The number of halogens is 4. The Balaban J connectivity index is 2.56. The zero-order valence-corrected chi connectivity index (χ0v) is 11.4. The zero-order chi connectivity index (χ0) is 14.9. The summed E-state index contributed by atoms with van der Waals surface area (Å²) in [6.07, 6.45) is -2.94. The molecule has 0 atom stereocenters. The molecular weight excluding hydrogens is 341 g/mol. The molecule has 1 heterocycles. The molecule has 5 nitrogen and oxygen atoms in total. The highest BCUT2D eigenvalue weighted by molar-refractivity contribution is 9.10. The second kappa shape index (κ2) is 5.16. The molecule has 0 amide bonds. The van der Waals surface area contributed by atoms with Crippen LogP contribution in [0.5, 0.6) is 0 Å². The lowest BCUT2D eigenvalue weighted by Crippen LogP contribution is -2.16. The van der Waals surface area contributed by atoms with Crippen LogP contribution in [0.4, 0.5) is 13.2 Å². The van der Waals surface area contributed by atoms with Crippen LogP contribution in [-0.4, -0.2) is 20.8 Å². The standard InChI is InChI=1S/C11H8BrF3N4O/c12-7-1-2-9(8(3-7)10(16)18-20)19-5-6(4-17-19)11(13,14)15/h1-5,20H,(H2,16,18). The van der Waals surface area contributed by atoms with Gasteiger partial charge in [0.15, 0.2) is 5.84 Å². The van der Waals surface area contributed by atoms with Gasteiger partial charge in [0.2, 0.25) is 0 Å². The molecule has 9 heteroatoms. The van der Waals surface area contributed by atoms with Crippen LogP contribution in [0.1, 0.15) is 11.1 Å². The lowest BCUT2D eigenvalue weighted by Gasteiger charge is -2.09. The third-order valence-electron chi connectivity index (χ3n) is 2.50. The van der Waals surface area contributed by atoms with E-state index in [1.165, 1.54) is 12.1 Å². The summed E-state index contributed by atoms with van der Waals surface area (Å²) in [7, 11) is 0. The van der Waals surface area contributed by atoms with Gasteiger partial charge in [-0.15, -0.1) is 0 Å². The Kier molecular flexibility index (Phi) is 3.71. The normalized spacial score (nSPS) is 12.7. The van der Waals surface area contributed by atoms with Gasteiger partial charge in [-0.1, -0.05) is 21.1 Å². The molecule has 2 rings (SSSR count). The van der Waals surface area contributed by atoms with E-state index in [4.69, 9.17) is 10.9 Å². The van der Waals surface area contributed by atoms with E-state index < -0.39 is 11.7 Å². The first kappa shape index (κ1) is 14.4. The maximum absolute atomic E-state index is 12.6. The molecule has 0 radical (unpaired) electrons. The Morgan fingerprint density at radius 1 is 1.40 bits per heavy atom. The van der Waals surface area contributed by atoms with E-state index in [9.17, 15) is 13.2 Å². The molecule has 0 saturated carbocycles. The molecule has 0 aliphatic rings. The van der Waals surface area contributed by atoms with Crippen LogP contribution >= 0.6 is 15.9 Å². The Bertz CT molecular complexity index is 666. The summed E-state index contributed by atoms with van der Waals surface area (Å²) < 4.78 is 39.3. The molecule has 1 aromatic heterocycles. The quantitative estimate of drug-likeness (QED) is 0.379. The van der Waals surface area contributed by atoms with E-state index in [0.717, 1.165) is 10.9 Å². The predicted octanol–water partition coefficient (Wildman–Crippen LogP) is 2.75. The summed E-state index contributed by atoms with van der Waals surface area (Å²) in [5.41, 5.74) is 5.14. The Labute approximate surface area is 119 Å². The van der Waals surface area contributed by atoms with Crippen LogP contribution in [0.25, 0.3) is 5.69 Å². The molecule has 1 aromatic carbocycles. The number of hydrogen-bond donors (Lipinski definition) is 2. The Morgan fingerprint density at radius 2 is 2.10 bits per heavy atom. The first-order valence-corrected chi connectivity index (χ1v) is 6.02. The number of alkyl halides is 3. The van der Waals surface area contributed by atoms with Gasteiger partial charge in [0, 0.05) is 16.2 Å². The lowest BCUT2D eigenvalue weighted by molar-refractivity contribution is -0.137. The minimum absolute atomic E-state index is 0.231. The van der Waals surface area contributed by atoms with Gasteiger partial charge in [-0.3, -0.25) is 0 Å². The fraction of sp³-hybridized carbons (Fsp3) is 0.0909. The molecule has 0 unspecified atom stereocenters. The van der Waals surface area contributed by atoms with E-state index >= 15 is 0 Å². The van der Waals surface area contributed by atoms with Gasteiger partial charge in [-0.25, -0.2) is 4.68 Å². The molecule has 0 aliphatic heterocycles. The summed E-state index contributed by atoms with van der Waals surface area (Å²) in [5.74, 6) is -0.231. The maximum Gasteiger partial charge on any atom is 0.419 e. The molecule has 0 aliphatic carbocycles. The Hall–Kier alpha value is -2.03. The third-order valence-corrected chi connectivity index (χ3v) is 2.99. The van der Waals surface area contributed by atoms with Crippen LogP contribution in [0.2, 0.25) is 0 Å². The van der Waals surface area contributed by atoms with E-state index in [2.05, 4.69) is 26.2 Å². The molecule has 20 heavy (non-hydrogen) atoms. The van der Waals surface area contributed by atoms with Crippen molar-refractivity contribution in [1.82, 2.24) is 9.78 Å². The van der Waals surface area contributed by atoms with Gasteiger partial charge >= 0.3 is 6.18 Å². The van der Waals surface area contributed by atoms with Crippen molar-refractivity contribution in [3.63, 3.8) is 0 Å². The lowest BCUT2D eigenvalue weighted by atomic mass is 10.1. The van der Waals surface area contributed by atoms with Crippen molar-refractivity contribution in [2.45, 2.75) is 6.18 Å². The van der Waals surface area contributed by atoms with Gasteiger partial charge in [0.25, 0.3) is 0 Å². The molecule has 3 N–H and O–H groups in total. The number of amidine groups is 1. The van der Waals surface area contributed by atoms with Crippen molar-refractivity contribution in [1.29, 1.82) is 0 Å². The molecule has 2 aromatic rings. The summed E-state index contributed by atoms with van der Waals surface area (Å²) in [5, 5.41) is 15.2.